The SMILES string of the molecule is O=C(O)c1cccc(C(=O)c2ccccc2Cl)c1. The first-order chi connectivity index (χ1) is 8.59. The van der Waals surface area contributed by atoms with Crippen LogP contribution in [0.25, 0.3) is 0 Å². The molecule has 0 saturated carbocycles. The zero-order valence-electron chi connectivity index (χ0n) is 9.26. The van der Waals surface area contributed by atoms with Gasteiger partial charge >= 0.3 is 5.97 Å². The number of benzene rings is 2. The fraction of sp³-hybridized carbons (Fsp3) is 0. The van der Waals surface area contributed by atoms with Crippen LogP contribution in [0.4, 0.5) is 0 Å². The number of carbonyl (C=O) groups is 2. The number of carboxylic acid groups (broad SMARTS) is 1. The maximum Gasteiger partial charge on any atom is 0.335 e. The van der Waals surface area contributed by atoms with E-state index in [2.05, 4.69) is 0 Å². The van der Waals surface area contributed by atoms with E-state index in [1.807, 2.05) is 0 Å². The Hall–Kier alpha value is -2.13. The van der Waals surface area contributed by atoms with Gasteiger partial charge < -0.3 is 5.11 Å². The standard InChI is InChI=1S/C14H9ClO3/c15-12-7-2-1-6-11(12)13(16)9-4-3-5-10(8-9)14(17)18/h1-8H,(H,17,18). The van der Waals surface area contributed by atoms with Crippen molar-refractivity contribution >= 4 is 23.4 Å². The normalized spacial score (nSPS) is 10.1. The number of aromatic carboxylic acids is 1. The molecule has 0 amide bonds. The van der Waals surface area contributed by atoms with Crippen LogP contribution in [-0.4, -0.2) is 16.9 Å². The lowest BCUT2D eigenvalue weighted by molar-refractivity contribution is 0.0697. The molecule has 0 aliphatic heterocycles. The molecule has 2 rings (SSSR count). The summed E-state index contributed by atoms with van der Waals surface area (Å²) in [7, 11) is 0. The molecule has 18 heavy (non-hydrogen) atoms. The molecular formula is C14H9ClO3. The Balaban J connectivity index is 2.44. The highest BCUT2D eigenvalue weighted by Gasteiger charge is 2.13. The van der Waals surface area contributed by atoms with Crippen molar-refractivity contribution in [2.45, 2.75) is 0 Å². The number of ketones is 1. The Labute approximate surface area is 109 Å². The molecule has 90 valence electrons. The van der Waals surface area contributed by atoms with E-state index in [-0.39, 0.29) is 11.3 Å². The predicted molar refractivity (Wildman–Crippen MR) is 68.3 cm³/mol. The average molecular weight is 261 g/mol. The lowest BCUT2D eigenvalue weighted by atomic mass is 10.0. The van der Waals surface area contributed by atoms with Crippen molar-refractivity contribution in [2.75, 3.05) is 0 Å². The maximum atomic E-state index is 12.2. The molecule has 1 N–H and O–H groups in total. The van der Waals surface area contributed by atoms with Gasteiger partial charge in [0.2, 0.25) is 0 Å². The summed E-state index contributed by atoms with van der Waals surface area (Å²) in [4.78, 5) is 23.0. The third kappa shape index (κ3) is 2.41. The Morgan fingerprint density at radius 3 is 2.28 bits per heavy atom. The number of rotatable bonds is 3. The van der Waals surface area contributed by atoms with Crippen LogP contribution in [0.15, 0.2) is 48.5 Å². The summed E-state index contributed by atoms with van der Waals surface area (Å²) in [6.45, 7) is 0. The Bertz CT molecular complexity index is 620. The number of hydrogen-bond donors (Lipinski definition) is 1. The number of carboxylic acids is 1. The molecule has 4 heteroatoms. The Morgan fingerprint density at radius 1 is 0.944 bits per heavy atom. The second kappa shape index (κ2) is 5.02. The van der Waals surface area contributed by atoms with Crippen molar-refractivity contribution in [3.63, 3.8) is 0 Å². The van der Waals surface area contributed by atoms with Gasteiger partial charge in [-0.05, 0) is 24.3 Å². The zero-order valence-corrected chi connectivity index (χ0v) is 10.0. The minimum atomic E-state index is -1.07. The fourth-order valence-corrected chi connectivity index (χ4v) is 1.82. The lowest BCUT2D eigenvalue weighted by Gasteiger charge is -2.04. The third-order valence-electron chi connectivity index (χ3n) is 2.49. The first-order valence-electron chi connectivity index (χ1n) is 5.22. The van der Waals surface area contributed by atoms with Crippen molar-refractivity contribution < 1.29 is 14.7 Å². The number of hydrogen-bond acceptors (Lipinski definition) is 2. The molecule has 0 spiro atoms. The maximum absolute atomic E-state index is 12.2. The average Bonchev–Trinajstić information content (AvgIpc) is 2.38. The van der Waals surface area contributed by atoms with E-state index in [1.165, 1.54) is 18.2 Å². The van der Waals surface area contributed by atoms with Crippen LogP contribution in [0, 0.1) is 0 Å². The van der Waals surface area contributed by atoms with Gasteiger partial charge in [0.05, 0.1) is 10.6 Å². The quantitative estimate of drug-likeness (QED) is 0.862. The van der Waals surface area contributed by atoms with Gasteiger partial charge in [-0.15, -0.1) is 0 Å². The summed E-state index contributed by atoms with van der Waals surface area (Å²) in [6.07, 6.45) is 0. The van der Waals surface area contributed by atoms with Gasteiger partial charge in [0.15, 0.2) is 5.78 Å². The highest BCUT2D eigenvalue weighted by molar-refractivity contribution is 6.35. The predicted octanol–water partition coefficient (Wildman–Crippen LogP) is 3.27. The molecule has 0 fully saturated rings. The van der Waals surface area contributed by atoms with Crippen LogP contribution >= 0.6 is 11.6 Å². The molecule has 0 aliphatic carbocycles. The zero-order chi connectivity index (χ0) is 13.1. The van der Waals surface area contributed by atoms with Crippen LogP contribution < -0.4 is 0 Å². The van der Waals surface area contributed by atoms with Crippen LogP contribution in [-0.2, 0) is 0 Å². The highest BCUT2D eigenvalue weighted by atomic mass is 35.5. The molecule has 0 heterocycles. The summed E-state index contributed by atoms with van der Waals surface area (Å²) in [5.41, 5.74) is 0.748. The van der Waals surface area contributed by atoms with E-state index in [0.29, 0.717) is 16.1 Å². The third-order valence-corrected chi connectivity index (χ3v) is 2.82. The summed E-state index contributed by atoms with van der Waals surface area (Å²) >= 11 is 5.93. The van der Waals surface area contributed by atoms with Gasteiger partial charge in [-0.1, -0.05) is 35.9 Å². The Kier molecular flexibility index (Phi) is 3.44. The molecule has 0 unspecified atom stereocenters. The summed E-state index contributed by atoms with van der Waals surface area (Å²) in [6, 6.07) is 12.5. The second-order valence-corrected chi connectivity index (χ2v) is 4.10. The van der Waals surface area contributed by atoms with Gasteiger partial charge in [-0.3, -0.25) is 4.79 Å². The van der Waals surface area contributed by atoms with E-state index < -0.39 is 5.97 Å². The van der Waals surface area contributed by atoms with E-state index >= 15 is 0 Å². The minimum absolute atomic E-state index is 0.0768. The first-order valence-corrected chi connectivity index (χ1v) is 5.60. The van der Waals surface area contributed by atoms with Gasteiger partial charge in [-0.25, -0.2) is 4.79 Å². The van der Waals surface area contributed by atoms with E-state index in [1.54, 1.807) is 30.3 Å². The Morgan fingerprint density at radius 2 is 1.61 bits per heavy atom. The van der Waals surface area contributed by atoms with Crippen molar-refractivity contribution in [3.05, 3.63) is 70.2 Å². The minimum Gasteiger partial charge on any atom is -0.478 e. The van der Waals surface area contributed by atoms with Gasteiger partial charge in [0, 0.05) is 11.1 Å². The second-order valence-electron chi connectivity index (χ2n) is 3.69. The van der Waals surface area contributed by atoms with Crippen molar-refractivity contribution in [3.8, 4) is 0 Å². The molecule has 0 aromatic heterocycles. The van der Waals surface area contributed by atoms with Gasteiger partial charge in [-0.2, -0.15) is 0 Å². The topological polar surface area (TPSA) is 54.4 Å². The van der Waals surface area contributed by atoms with Crippen LogP contribution in [0.5, 0.6) is 0 Å². The fourth-order valence-electron chi connectivity index (χ4n) is 1.59. The monoisotopic (exact) mass is 260 g/mol. The first kappa shape index (κ1) is 12.3. The smallest absolute Gasteiger partial charge is 0.335 e. The molecule has 3 nitrogen and oxygen atoms in total. The van der Waals surface area contributed by atoms with Crippen LogP contribution in [0.1, 0.15) is 26.3 Å². The molecule has 2 aromatic rings. The molecular weight excluding hydrogens is 252 g/mol. The molecule has 0 radical (unpaired) electrons. The van der Waals surface area contributed by atoms with E-state index in [9.17, 15) is 9.59 Å². The van der Waals surface area contributed by atoms with E-state index in [0.717, 1.165) is 0 Å². The van der Waals surface area contributed by atoms with Crippen molar-refractivity contribution in [2.24, 2.45) is 0 Å². The largest absolute Gasteiger partial charge is 0.478 e. The molecule has 0 saturated heterocycles. The van der Waals surface area contributed by atoms with Crippen LogP contribution in [0.2, 0.25) is 5.02 Å². The summed E-state index contributed by atoms with van der Waals surface area (Å²) in [5.74, 6) is -1.35. The summed E-state index contributed by atoms with van der Waals surface area (Å²) in [5, 5.41) is 9.23. The van der Waals surface area contributed by atoms with Gasteiger partial charge in [0.25, 0.3) is 0 Å². The van der Waals surface area contributed by atoms with Gasteiger partial charge in [0.1, 0.15) is 0 Å². The molecule has 0 aliphatic rings. The number of carbonyl (C=O) groups excluding carboxylic acids is 1. The molecule has 2 aromatic carbocycles. The molecule has 0 bridgehead atoms. The van der Waals surface area contributed by atoms with Crippen molar-refractivity contribution in [1.29, 1.82) is 0 Å². The van der Waals surface area contributed by atoms with Crippen LogP contribution in [0.3, 0.4) is 0 Å². The number of halogens is 1. The van der Waals surface area contributed by atoms with E-state index in [4.69, 9.17) is 16.7 Å². The lowest BCUT2D eigenvalue weighted by Crippen LogP contribution is -2.04. The highest BCUT2D eigenvalue weighted by Crippen LogP contribution is 2.19. The summed E-state index contributed by atoms with van der Waals surface area (Å²) < 4.78 is 0. The molecule has 0 atom stereocenters. The van der Waals surface area contributed by atoms with Crippen molar-refractivity contribution in [1.82, 2.24) is 0 Å².